The average molecular weight is 257 g/mol. The highest BCUT2D eigenvalue weighted by molar-refractivity contribution is 5.35. The monoisotopic (exact) mass is 257 g/mol. The van der Waals surface area contributed by atoms with Crippen LogP contribution in [0.2, 0.25) is 0 Å². The Labute approximate surface area is 113 Å². The molecule has 4 heteroatoms. The molecule has 1 aromatic heterocycles. The number of para-hydroxylation sites is 1. The Morgan fingerprint density at radius 2 is 1.79 bits per heavy atom. The summed E-state index contributed by atoms with van der Waals surface area (Å²) < 4.78 is 5.33. The largest absolute Gasteiger partial charge is 0.496 e. The summed E-state index contributed by atoms with van der Waals surface area (Å²) in [5.74, 6) is 1.61. The molecule has 0 unspecified atom stereocenters. The minimum atomic E-state index is 0.687. The molecule has 0 bridgehead atoms. The quantitative estimate of drug-likeness (QED) is 0.894. The molecule has 0 saturated heterocycles. The van der Waals surface area contributed by atoms with Gasteiger partial charge >= 0.3 is 0 Å². The Bertz CT molecular complexity index is 535. The number of rotatable bonds is 5. The lowest BCUT2D eigenvalue weighted by Crippen LogP contribution is -2.09. The zero-order valence-corrected chi connectivity index (χ0v) is 11.6. The van der Waals surface area contributed by atoms with Crippen molar-refractivity contribution in [3.8, 4) is 5.75 Å². The third-order valence-corrected chi connectivity index (χ3v) is 2.85. The van der Waals surface area contributed by atoms with Gasteiger partial charge < -0.3 is 10.1 Å². The third-order valence-electron chi connectivity index (χ3n) is 2.85. The Morgan fingerprint density at radius 1 is 1.11 bits per heavy atom. The summed E-state index contributed by atoms with van der Waals surface area (Å²) in [5.41, 5.74) is 3.14. The van der Waals surface area contributed by atoms with E-state index in [-0.39, 0.29) is 0 Å². The van der Waals surface area contributed by atoms with Crippen molar-refractivity contribution in [1.29, 1.82) is 0 Å². The van der Waals surface area contributed by atoms with E-state index < -0.39 is 0 Å². The van der Waals surface area contributed by atoms with E-state index in [1.54, 1.807) is 7.11 Å². The molecule has 1 N–H and O–H groups in total. The smallest absolute Gasteiger partial charge is 0.223 e. The number of aromatic nitrogens is 2. The number of methoxy groups -OCH3 is 1. The van der Waals surface area contributed by atoms with Crippen molar-refractivity contribution in [2.75, 3.05) is 19.0 Å². The van der Waals surface area contributed by atoms with Gasteiger partial charge in [-0.1, -0.05) is 18.2 Å². The first-order valence-electron chi connectivity index (χ1n) is 6.37. The van der Waals surface area contributed by atoms with Crippen molar-refractivity contribution >= 4 is 5.95 Å². The van der Waals surface area contributed by atoms with Crippen LogP contribution in [0, 0.1) is 13.8 Å². The second-order valence-electron chi connectivity index (χ2n) is 4.46. The highest BCUT2D eigenvalue weighted by atomic mass is 16.5. The molecule has 0 aliphatic heterocycles. The van der Waals surface area contributed by atoms with Gasteiger partial charge in [-0.25, -0.2) is 9.97 Å². The van der Waals surface area contributed by atoms with Crippen molar-refractivity contribution in [2.24, 2.45) is 0 Å². The standard InChI is InChI=1S/C15H19N3O/c1-11-10-12(2)18-15(17-11)16-9-8-13-6-4-5-7-14(13)19-3/h4-7,10H,8-9H2,1-3H3,(H,16,17,18). The van der Waals surface area contributed by atoms with Crippen LogP contribution in [-0.4, -0.2) is 23.6 Å². The van der Waals surface area contributed by atoms with Gasteiger partial charge in [-0.15, -0.1) is 0 Å². The van der Waals surface area contributed by atoms with Crippen molar-refractivity contribution < 1.29 is 4.74 Å². The van der Waals surface area contributed by atoms with Crippen LogP contribution < -0.4 is 10.1 Å². The average Bonchev–Trinajstić information content (AvgIpc) is 2.38. The van der Waals surface area contributed by atoms with E-state index in [1.807, 2.05) is 38.1 Å². The van der Waals surface area contributed by atoms with Gasteiger partial charge in [-0.3, -0.25) is 0 Å². The minimum Gasteiger partial charge on any atom is -0.496 e. The van der Waals surface area contributed by atoms with Crippen LogP contribution in [0.3, 0.4) is 0 Å². The second kappa shape index (κ2) is 6.18. The van der Waals surface area contributed by atoms with Gasteiger partial charge in [-0.2, -0.15) is 0 Å². The summed E-state index contributed by atoms with van der Waals surface area (Å²) in [6.45, 7) is 4.73. The molecule has 1 aromatic carbocycles. The van der Waals surface area contributed by atoms with Crippen molar-refractivity contribution in [2.45, 2.75) is 20.3 Å². The molecule has 2 aromatic rings. The van der Waals surface area contributed by atoms with E-state index in [0.717, 1.165) is 30.1 Å². The fourth-order valence-corrected chi connectivity index (χ4v) is 2.02. The maximum absolute atomic E-state index is 5.33. The van der Waals surface area contributed by atoms with Crippen LogP contribution >= 0.6 is 0 Å². The molecule has 2 rings (SSSR count). The van der Waals surface area contributed by atoms with Crippen LogP contribution in [0.5, 0.6) is 5.75 Å². The van der Waals surface area contributed by atoms with Gasteiger partial charge in [0, 0.05) is 17.9 Å². The van der Waals surface area contributed by atoms with Gasteiger partial charge in [0.15, 0.2) is 0 Å². The maximum Gasteiger partial charge on any atom is 0.223 e. The molecule has 19 heavy (non-hydrogen) atoms. The third kappa shape index (κ3) is 3.68. The summed E-state index contributed by atoms with van der Waals surface area (Å²) >= 11 is 0. The summed E-state index contributed by atoms with van der Waals surface area (Å²) in [6, 6.07) is 10.0. The van der Waals surface area contributed by atoms with E-state index in [0.29, 0.717) is 5.95 Å². The van der Waals surface area contributed by atoms with E-state index in [4.69, 9.17) is 4.74 Å². The fourth-order valence-electron chi connectivity index (χ4n) is 2.02. The lowest BCUT2D eigenvalue weighted by Gasteiger charge is -2.09. The van der Waals surface area contributed by atoms with Crippen LogP contribution in [0.4, 0.5) is 5.95 Å². The van der Waals surface area contributed by atoms with Gasteiger partial charge in [0.05, 0.1) is 7.11 Å². The van der Waals surface area contributed by atoms with Crippen LogP contribution in [0.25, 0.3) is 0 Å². The lowest BCUT2D eigenvalue weighted by atomic mass is 10.1. The molecule has 0 spiro atoms. The Balaban J connectivity index is 1.96. The molecule has 0 aliphatic carbocycles. The number of aryl methyl sites for hydroxylation is 2. The van der Waals surface area contributed by atoms with Gasteiger partial charge in [0.25, 0.3) is 0 Å². The summed E-state index contributed by atoms with van der Waals surface area (Å²) in [7, 11) is 1.69. The van der Waals surface area contributed by atoms with E-state index in [9.17, 15) is 0 Å². The zero-order chi connectivity index (χ0) is 13.7. The molecular weight excluding hydrogens is 238 g/mol. The van der Waals surface area contributed by atoms with Gasteiger partial charge in [-0.05, 0) is 38.0 Å². The van der Waals surface area contributed by atoms with Crippen molar-refractivity contribution in [3.05, 3.63) is 47.3 Å². The van der Waals surface area contributed by atoms with Gasteiger partial charge in [0.2, 0.25) is 5.95 Å². The predicted molar refractivity (Wildman–Crippen MR) is 76.7 cm³/mol. The van der Waals surface area contributed by atoms with Crippen LogP contribution in [0.1, 0.15) is 17.0 Å². The number of ether oxygens (including phenoxy) is 1. The molecule has 100 valence electrons. The van der Waals surface area contributed by atoms with E-state index in [2.05, 4.69) is 21.4 Å². The number of benzene rings is 1. The normalized spacial score (nSPS) is 10.3. The molecule has 4 nitrogen and oxygen atoms in total. The Morgan fingerprint density at radius 3 is 2.47 bits per heavy atom. The number of nitrogens with one attached hydrogen (secondary N) is 1. The molecule has 0 atom stereocenters. The van der Waals surface area contributed by atoms with Crippen LogP contribution in [0.15, 0.2) is 30.3 Å². The molecule has 0 radical (unpaired) electrons. The first-order chi connectivity index (χ1) is 9.19. The highest BCUT2D eigenvalue weighted by Gasteiger charge is 2.02. The second-order valence-corrected chi connectivity index (χ2v) is 4.46. The molecule has 0 saturated carbocycles. The summed E-state index contributed by atoms with van der Waals surface area (Å²) in [4.78, 5) is 8.71. The predicted octanol–water partition coefficient (Wildman–Crippen LogP) is 2.76. The zero-order valence-electron chi connectivity index (χ0n) is 11.6. The van der Waals surface area contributed by atoms with E-state index in [1.165, 1.54) is 5.56 Å². The number of nitrogens with zero attached hydrogens (tertiary/aromatic N) is 2. The summed E-state index contributed by atoms with van der Waals surface area (Å²) in [6.07, 6.45) is 0.875. The minimum absolute atomic E-state index is 0.687. The SMILES string of the molecule is COc1ccccc1CCNc1nc(C)cc(C)n1. The Kier molecular flexibility index (Phi) is 4.34. The first kappa shape index (κ1) is 13.3. The molecular formula is C15H19N3O. The maximum atomic E-state index is 5.33. The van der Waals surface area contributed by atoms with E-state index >= 15 is 0 Å². The summed E-state index contributed by atoms with van der Waals surface area (Å²) in [5, 5.41) is 3.25. The van der Waals surface area contributed by atoms with Gasteiger partial charge in [0.1, 0.15) is 5.75 Å². The van der Waals surface area contributed by atoms with Crippen molar-refractivity contribution in [3.63, 3.8) is 0 Å². The Hall–Kier alpha value is -2.10. The van der Waals surface area contributed by atoms with Crippen molar-refractivity contribution in [1.82, 2.24) is 9.97 Å². The fraction of sp³-hybridized carbons (Fsp3) is 0.333. The first-order valence-corrected chi connectivity index (χ1v) is 6.37. The lowest BCUT2D eigenvalue weighted by molar-refractivity contribution is 0.410. The van der Waals surface area contributed by atoms with Crippen LogP contribution in [-0.2, 0) is 6.42 Å². The molecule has 1 heterocycles. The molecule has 0 amide bonds. The molecule has 0 fully saturated rings. The number of anilines is 1. The topological polar surface area (TPSA) is 47.0 Å². The number of hydrogen-bond acceptors (Lipinski definition) is 4. The highest BCUT2D eigenvalue weighted by Crippen LogP contribution is 2.17. The molecule has 0 aliphatic rings. The number of hydrogen-bond donors (Lipinski definition) is 1.